The number of aromatic nitrogens is 2. The molecule has 0 amide bonds. The topological polar surface area (TPSA) is 50.7 Å². The molecule has 6 heteroatoms. The molecule has 4 heterocycles. The highest BCUT2D eigenvalue weighted by Gasteiger charge is 2.40. The van der Waals surface area contributed by atoms with Crippen molar-refractivity contribution in [1.29, 1.82) is 0 Å². The number of ether oxygens (including phenoxy) is 2. The minimum absolute atomic E-state index is 0.448. The predicted octanol–water partition coefficient (Wildman–Crippen LogP) is 1.63. The Morgan fingerprint density at radius 2 is 1.72 bits per heavy atom. The van der Waals surface area contributed by atoms with E-state index in [0.717, 1.165) is 69.4 Å². The van der Waals surface area contributed by atoms with Gasteiger partial charge in [0, 0.05) is 50.4 Å². The first-order valence-electron chi connectivity index (χ1n) is 9.63. The van der Waals surface area contributed by atoms with Gasteiger partial charge in [-0.05, 0) is 17.8 Å². The van der Waals surface area contributed by atoms with Crippen LogP contribution in [0.5, 0.6) is 0 Å². The number of hydrogen-bond acceptors (Lipinski definition) is 6. The molecule has 0 N–H and O–H groups in total. The quantitative estimate of drug-likeness (QED) is 0.826. The van der Waals surface area contributed by atoms with E-state index in [-0.39, 0.29) is 0 Å². The first-order chi connectivity index (χ1) is 12.2. The summed E-state index contributed by atoms with van der Waals surface area (Å²) < 4.78 is 11.3. The molecule has 3 aliphatic rings. The average molecular weight is 346 g/mol. The van der Waals surface area contributed by atoms with Crippen molar-refractivity contribution in [1.82, 2.24) is 14.9 Å². The zero-order valence-corrected chi connectivity index (χ0v) is 15.4. The van der Waals surface area contributed by atoms with Crippen LogP contribution in [0.3, 0.4) is 0 Å². The maximum absolute atomic E-state index is 5.64. The summed E-state index contributed by atoms with van der Waals surface area (Å²) >= 11 is 0. The average Bonchev–Trinajstić information content (AvgIpc) is 3.05. The molecule has 25 heavy (non-hydrogen) atoms. The van der Waals surface area contributed by atoms with Crippen LogP contribution in [0.1, 0.15) is 25.5 Å². The van der Waals surface area contributed by atoms with E-state index in [4.69, 9.17) is 9.47 Å². The fourth-order valence-electron chi connectivity index (χ4n) is 4.41. The van der Waals surface area contributed by atoms with Gasteiger partial charge in [-0.3, -0.25) is 0 Å². The van der Waals surface area contributed by atoms with Gasteiger partial charge in [-0.25, -0.2) is 9.97 Å². The monoisotopic (exact) mass is 346 g/mol. The number of rotatable bonds is 4. The van der Waals surface area contributed by atoms with Gasteiger partial charge in [0.05, 0.1) is 26.4 Å². The second kappa shape index (κ2) is 7.56. The van der Waals surface area contributed by atoms with Gasteiger partial charge in [-0.1, -0.05) is 13.8 Å². The summed E-state index contributed by atoms with van der Waals surface area (Å²) in [4.78, 5) is 14.0. The Labute approximate surface area is 150 Å². The zero-order valence-electron chi connectivity index (χ0n) is 15.4. The van der Waals surface area contributed by atoms with Crippen LogP contribution < -0.4 is 4.90 Å². The van der Waals surface area contributed by atoms with Crippen molar-refractivity contribution in [3.63, 3.8) is 0 Å². The summed E-state index contributed by atoms with van der Waals surface area (Å²) in [5, 5.41) is 0. The number of likely N-dealkylation sites (tertiary alicyclic amines) is 1. The van der Waals surface area contributed by atoms with Crippen LogP contribution in [-0.4, -0.2) is 74.0 Å². The molecule has 0 saturated carbocycles. The van der Waals surface area contributed by atoms with Crippen LogP contribution in [0.4, 0.5) is 5.82 Å². The van der Waals surface area contributed by atoms with Crippen LogP contribution in [-0.2, 0) is 9.47 Å². The molecule has 0 aromatic carbocycles. The highest BCUT2D eigenvalue weighted by molar-refractivity contribution is 5.41. The molecule has 0 radical (unpaired) electrons. The van der Waals surface area contributed by atoms with Crippen molar-refractivity contribution in [2.24, 2.45) is 17.8 Å². The summed E-state index contributed by atoms with van der Waals surface area (Å²) in [5.74, 6) is 3.58. The third kappa shape index (κ3) is 3.96. The molecule has 1 aromatic rings. The molecule has 0 aliphatic carbocycles. The Hall–Kier alpha value is -1.24. The van der Waals surface area contributed by atoms with E-state index in [9.17, 15) is 0 Å². The summed E-state index contributed by atoms with van der Waals surface area (Å²) in [7, 11) is 0. The number of anilines is 1. The molecule has 3 fully saturated rings. The molecule has 138 valence electrons. The minimum atomic E-state index is 0.448. The van der Waals surface area contributed by atoms with E-state index in [1.165, 1.54) is 13.1 Å². The highest BCUT2D eigenvalue weighted by atomic mass is 16.5. The van der Waals surface area contributed by atoms with Gasteiger partial charge in [0.1, 0.15) is 12.1 Å². The van der Waals surface area contributed by atoms with E-state index >= 15 is 0 Å². The second-order valence-corrected chi connectivity index (χ2v) is 8.12. The molecule has 6 nitrogen and oxygen atoms in total. The smallest absolute Gasteiger partial charge is 0.132 e. The van der Waals surface area contributed by atoms with Crippen LogP contribution in [0.25, 0.3) is 0 Å². The number of fused-ring (bicyclic) bond motifs is 1. The molecule has 0 bridgehead atoms. The van der Waals surface area contributed by atoms with Gasteiger partial charge in [0.2, 0.25) is 0 Å². The Bertz CT molecular complexity index is 560. The second-order valence-electron chi connectivity index (χ2n) is 8.12. The SMILES string of the molecule is CC(C)c1cc(N2CC3CN(CC4COCCOC4)CC3C2)ncn1. The molecule has 0 spiro atoms. The summed E-state index contributed by atoms with van der Waals surface area (Å²) in [6, 6.07) is 2.17. The van der Waals surface area contributed by atoms with Crippen LogP contribution >= 0.6 is 0 Å². The predicted molar refractivity (Wildman–Crippen MR) is 96.9 cm³/mol. The molecule has 2 atom stereocenters. The van der Waals surface area contributed by atoms with Crippen molar-refractivity contribution in [2.75, 3.05) is 64.1 Å². The minimum Gasteiger partial charge on any atom is -0.379 e. The van der Waals surface area contributed by atoms with Gasteiger partial charge in [-0.15, -0.1) is 0 Å². The van der Waals surface area contributed by atoms with Crippen LogP contribution in [0, 0.1) is 17.8 Å². The Balaban J connectivity index is 1.32. The van der Waals surface area contributed by atoms with E-state index in [1.807, 2.05) is 0 Å². The third-order valence-corrected chi connectivity index (χ3v) is 5.75. The molecule has 3 aliphatic heterocycles. The fraction of sp³-hybridized carbons (Fsp3) is 0.789. The highest BCUT2D eigenvalue weighted by Crippen LogP contribution is 2.34. The van der Waals surface area contributed by atoms with Gasteiger partial charge in [0.15, 0.2) is 0 Å². The Morgan fingerprint density at radius 3 is 2.36 bits per heavy atom. The lowest BCUT2D eigenvalue weighted by Gasteiger charge is -2.25. The first-order valence-corrected chi connectivity index (χ1v) is 9.63. The van der Waals surface area contributed by atoms with Crippen molar-refractivity contribution < 1.29 is 9.47 Å². The Morgan fingerprint density at radius 1 is 1.04 bits per heavy atom. The van der Waals surface area contributed by atoms with Gasteiger partial charge in [-0.2, -0.15) is 0 Å². The summed E-state index contributed by atoms with van der Waals surface area (Å²) in [6.45, 7) is 13.3. The molecular formula is C19H30N4O2. The van der Waals surface area contributed by atoms with Gasteiger partial charge >= 0.3 is 0 Å². The van der Waals surface area contributed by atoms with Crippen molar-refractivity contribution in [2.45, 2.75) is 19.8 Å². The lowest BCUT2D eigenvalue weighted by molar-refractivity contribution is 0.103. The van der Waals surface area contributed by atoms with E-state index < -0.39 is 0 Å². The van der Waals surface area contributed by atoms with Crippen molar-refractivity contribution >= 4 is 5.82 Å². The van der Waals surface area contributed by atoms with Gasteiger partial charge in [0.25, 0.3) is 0 Å². The van der Waals surface area contributed by atoms with E-state index in [0.29, 0.717) is 11.8 Å². The number of nitrogens with zero attached hydrogens (tertiary/aromatic N) is 4. The summed E-state index contributed by atoms with van der Waals surface area (Å²) in [6.07, 6.45) is 1.72. The standard InChI is InChI=1S/C19H30N4O2/c1-14(2)18-5-19(21-13-20-18)23-9-16-7-22(8-17(16)10-23)6-15-11-24-3-4-25-12-15/h5,13-17H,3-4,6-12H2,1-2H3. The molecule has 1 aromatic heterocycles. The van der Waals surface area contributed by atoms with E-state index in [2.05, 4.69) is 39.7 Å². The molecule has 2 unspecified atom stereocenters. The Kier molecular flexibility index (Phi) is 5.20. The zero-order chi connectivity index (χ0) is 17.2. The van der Waals surface area contributed by atoms with Crippen LogP contribution in [0.2, 0.25) is 0 Å². The van der Waals surface area contributed by atoms with Gasteiger partial charge < -0.3 is 19.3 Å². The normalized spacial score (nSPS) is 28.5. The lowest BCUT2D eigenvalue weighted by atomic mass is 10.0. The first kappa shape index (κ1) is 17.2. The maximum Gasteiger partial charge on any atom is 0.132 e. The fourth-order valence-corrected chi connectivity index (χ4v) is 4.41. The van der Waals surface area contributed by atoms with Crippen molar-refractivity contribution in [3.05, 3.63) is 18.1 Å². The number of hydrogen-bond donors (Lipinski definition) is 0. The maximum atomic E-state index is 5.64. The van der Waals surface area contributed by atoms with Crippen LogP contribution in [0.15, 0.2) is 12.4 Å². The van der Waals surface area contributed by atoms with E-state index in [1.54, 1.807) is 6.33 Å². The third-order valence-electron chi connectivity index (χ3n) is 5.75. The summed E-state index contributed by atoms with van der Waals surface area (Å²) in [5.41, 5.74) is 1.14. The van der Waals surface area contributed by atoms with Crippen molar-refractivity contribution in [3.8, 4) is 0 Å². The molecule has 4 rings (SSSR count). The molecular weight excluding hydrogens is 316 g/mol. The lowest BCUT2D eigenvalue weighted by Crippen LogP contribution is -2.34. The largest absolute Gasteiger partial charge is 0.379 e. The molecule has 3 saturated heterocycles.